The highest BCUT2D eigenvalue weighted by molar-refractivity contribution is 7.89. The van der Waals surface area contributed by atoms with Crippen LogP contribution in [0.2, 0.25) is 0 Å². The summed E-state index contributed by atoms with van der Waals surface area (Å²) in [5, 5.41) is 11.0. The van der Waals surface area contributed by atoms with Crippen molar-refractivity contribution >= 4 is 27.6 Å². The molecule has 0 unspecified atom stereocenters. The number of rotatable bonds is 6. The first kappa shape index (κ1) is 19.2. The molecule has 2 rings (SSSR count). The van der Waals surface area contributed by atoms with E-state index in [1.807, 2.05) is 4.90 Å². The average molecular weight is 371 g/mol. The van der Waals surface area contributed by atoms with Gasteiger partial charge in [0.1, 0.15) is 6.54 Å². The van der Waals surface area contributed by atoms with E-state index >= 15 is 0 Å². The molecule has 2 N–H and O–H groups in total. The van der Waals surface area contributed by atoms with Gasteiger partial charge in [0.25, 0.3) is 5.91 Å². The number of morpholine rings is 1. The monoisotopic (exact) mass is 371 g/mol. The highest BCUT2D eigenvalue weighted by Gasteiger charge is 2.24. The molecule has 1 aliphatic rings. The Bertz CT molecular complexity index is 757. The summed E-state index contributed by atoms with van der Waals surface area (Å²) in [4.78, 5) is 25.0. The summed E-state index contributed by atoms with van der Waals surface area (Å²) in [6.07, 6.45) is 0. The van der Waals surface area contributed by atoms with Crippen LogP contribution in [0.4, 0.5) is 5.69 Å². The van der Waals surface area contributed by atoms with E-state index in [0.29, 0.717) is 32.0 Å². The molecule has 0 saturated carbocycles. The molecule has 0 aromatic heterocycles. The molecule has 0 radical (unpaired) electrons. The molecule has 1 amide bonds. The van der Waals surface area contributed by atoms with Gasteiger partial charge in [0, 0.05) is 32.9 Å². The highest BCUT2D eigenvalue weighted by Crippen LogP contribution is 2.26. The van der Waals surface area contributed by atoms with E-state index in [0.717, 1.165) is 4.31 Å². The third-order valence-electron chi connectivity index (χ3n) is 3.74. The molecule has 0 bridgehead atoms. The van der Waals surface area contributed by atoms with Crippen LogP contribution in [0.1, 0.15) is 10.4 Å². The molecular weight excluding hydrogens is 350 g/mol. The Morgan fingerprint density at radius 2 is 1.92 bits per heavy atom. The average Bonchev–Trinajstić information content (AvgIpc) is 2.59. The van der Waals surface area contributed by atoms with Gasteiger partial charge >= 0.3 is 5.97 Å². The van der Waals surface area contributed by atoms with E-state index in [-0.39, 0.29) is 10.5 Å². The van der Waals surface area contributed by atoms with Crippen LogP contribution in [0, 0.1) is 0 Å². The second-order valence-electron chi connectivity index (χ2n) is 5.64. The quantitative estimate of drug-likeness (QED) is 0.698. The molecule has 1 saturated heterocycles. The highest BCUT2D eigenvalue weighted by atomic mass is 32.2. The lowest BCUT2D eigenvalue weighted by molar-refractivity contribution is -0.135. The van der Waals surface area contributed by atoms with Crippen molar-refractivity contribution in [2.45, 2.75) is 4.90 Å². The fraction of sp³-hybridized carbons (Fsp3) is 0.467. The van der Waals surface area contributed by atoms with Gasteiger partial charge in [0.2, 0.25) is 10.0 Å². The Kier molecular flexibility index (Phi) is 5.98. The van der Waals surface area contributed by atoms with E-state index in [1.165, 1.54) is 26.2 Å². The first-order valence-electron chi connectivity index (χ1n) is 7.62. The number of nitrogens with zero attached hydrogens (tertiary/aromatic N) is 2. The minimum absolute atomic E-state index is 0.0324. The third-order valence-corrected chi connectivity index (χ3v) is 5.55. The Labute approximate surface area is 146 Å². The SMILES string of the molecule is CN(C)S(=O)(=O)c1ccc(N2CCOCC2)c(C(=O)NCC(=O)O)c1. The molecule has 25 heavy (non-hydrogen) atoms. The second kappa shape index (κ2) is 7.81. The van der Waals surface area contributed by atoms with Crippen molar-refractivity contribution in [3.8, 4) is 0 Å². The smallest absolute Gasteiger partial charge is 0.322 e. The second-order valence-corrected chi connectivity index (χ2v) is 7.79. The normalized spacial score (nSPS) is 15.2. The lowest BCUT2D eigenvalue weighted by Crippen LogP contribution is -2.38. The summed E-state index contributed by atoms with van der Waals surface area (Å²) in [5.41, 5.74) is 0.662. The molecular formula is C15H21N3O6S. The van der Waals surface area contributed by atoms with Crippen LogP contribution in [0.25, 0.3) is 0 Å². The maximum absolute atomic E-state index is 12.4. The molecule has 10 heteroatoms. The fourth-order valence-electron chi connectivity index (χ4n) is 2.40. The Morgan fingerprint density at radius 3 is 2.48 bits per heavy atom. The summed E-state index contributed by atoms with van der Waals surface area (Å²) in [6, 6.07) is 4.28. The van der Waals surface area contributed by atoms with Gasteiger partial charge in [-0.2, -0.15) is 0 Å². The maximum Gasteiger partial charge on any atom is 0.322 e. The Balaban J connectivity index is 2.44. The van der Waals surface area contributed by atoms with Crippen LogP contribution >= 0.6 is 0 Å². The van der Waals surface area contributed by atoms with Crippen LogP contribution in [-0.4, -0.2) is 76.6 Å². The zero-order valence-electron chi connectivity index (χ0n) is 14.1. The van der Waals surface area contributed by atoms with E-state index in [2.05, 4.69) is 5.32 Å². The number of carbonyl (C=O) groups is 2. The van der Waals surface area contributed by atoms with Crippen molar-refractivity contribution in [2.75, 3.05) is 51.8 Å². The topological polar surface area (TPSA) is 116 Å². The van der Waals surface area contributed by atoms with Gasteiger partial charge in [-0.05, 0) is 18.2 Å². The molecule has 1 aliphatic heterocycles. The van der Waals surface area contributed by atoms with Crippen molar-refractivity contribution in [3.05, 3.63) is 23.8 Å². The van der Waals surface area contributed by atoms with Gasteiger partial charge in [-0.3, -0.25) is 9.59 Å². The lowest BCUT2D eigenvalue weighted by Gasteiger charge is -2.30. The molecule has 0 atom stereocenters. The fourth-order valence-corrected chi connectivity index (χ4v) is 3.33. The van der Waals surface area contributed by atoms with Crippen molar-refractivity contribution in [1.82, 2.24) is 9.62 Å². The number of carboxylic acid groups (broad SMARTS) is 1. The lowest BCUT2D eigenvalue weighted by atomic mass is 10.1. The largest absolute Gasteiger partial charge is 0.480 e. The van der Waals surface area contributed by atoms with Crippen LogP contribution in [0.5, 0.6) is 0 Å². The standard InChI is InChI=1S/C15H21N3O6S/c1-17(2)25(22,23)11-3-4-13(18-5-7-24-8-6-18)12(9-11)15(21)16-10-14(19)20/h3-4,9H,5-8,10H2,1-2H3,(H,16,21)(H,19,20). The summed E-state index contributed by atoms with van der Waals surface area (Å²) in [5.74, 6) is -1.82. The van der Waals surface area contributed by atoms with E-state index in [9.17, 15) is 18.0 Å². The molecule has 1 aromatic rings. The minimum Gasteiger partial charge on any atom is -0.480 e. The van der Waals surface area contributed by atoms with Gasteiger partial charge in [-0.15, -0.1) is 0 Å². The van der Waals surface area contributed by atoms with Crippen LogP contribution < -0.4 is 10.2 Å². The van der Waals surface area contributed by atoms with E-state index in [1.54, 1.807) is 6.07 Å². The predicted molar refractivity (Wildman–Crippen MR) is 90.3 cm³/mol. The first-order chi connectivity index (χ1) is 11.7. The number of amides is 1. The number of carboxylic acids is 1. The zero-order valence-corrected chi connectivity index (χ0v) is 14.9. The number of hydrogen-bond donors (Lipinski definition) is 2. The zero-order chi connectivity index (χ0) is 18.6. The number of benzene rings is 1. The number of sulfonamides is 1. The number of nitrogens with one attached hydrogen (secondary N) is 1. The number of anilines is 1. The first-order valence-corrected chi connectivity index (χ1v) is 9.06. The van der Waals surface area contributed by atoms with Gasteiger partial charge in [0.15, 0.2) is 0 Å². The molecule has 1 aromatic carbocycles. The summed E-state index contributed by atoms with van der Waals surface area (Å²) < 4.78 is 31.0. The van der Waals surface area contributed by atoms with Gasteiger partial charge in [-0.25, -0.2) is 12.7 Å². The number of aliphatic carboxylic acids is 1. The Morgan fingerprint density at radius 1 is 1.28 bits per heavy atom. The van der Waals surface area contributed by atoms with Crippen molar-refractivity contribution < 1.29 is 27.9 Å². The number of ether oxygens (including phenoxy) is 1. The third kappa shape index (κ3) is 4.47. The molecule has 1 fully saturated rings. The number of carbonyl (C=O) groups excluding carboxylic acids is 1. The molecule has 138 valence electrons. The molecule has 0 spiro atoms. The van der Waals surface area contributed by atoms with Gasteiger partial charge in [-0.1, -0.05) is 0 Å². The van der Waals surface area contributed by atoms with Crippen molar-refractivity contribution in [2.24, 2.45) is 0 Å². The maximum atomic E-state index is 12.4. The van der Waals surface area contributed by atoms with Crippen LogP contribution in [-0.2, 0) is 19.6 Å². The molecule has 1 heterocycles. The van der Waals surface area contributed by atoms with E-state index < -0.39 is 28.4 Å². The number of hydrogen-bond acceptors (Lipinski definition) is 6. The van der Waals surface area contributed by atoms with E-state index in [4.69, 9.17) is 9.84 Å². The van der Waals surface area contributed by atoms with Crippen molar-refractivity contribution in [1.29, 1.82) is 0 Å². The minimum atomic E-state index is -3.72. The van der Waals surface area contributed by atoms with Crippen molar-refractivity contribution in [3.63, 3.8) is 0 Å². The van der Waals surface area contributed by atoms with Gasteiger partial charge < -0.3 is 20.1 Å². The molecule has 0 aliphatic carbocycles. The summed E-state index contributed by atoms with van der Waals surface area (Å²) in [6.45, 7) is 1.55. The molecule has 9 nitrogen and oxygen atoms in total. The summed E-state index contributed by atoms with van der Waals surface area (Å²) in [7, 11) is -0.921. The van der Waals surface area contributed by atoms with Gasteiger partial charge in [0.05, 0.1) is 23.7 Å². The van der Waals surface area contributed by atoms with Crippen LogP contribution in [0.15, 0.2) is 23.1 Å². The Hall–Kier alpha value is -2.17. The predicted octanol–water partition coefficient (Wildman–Crippen LogP) is -0.412. The van der Waals surface area contributed by atoms with Crippen LogP contribution in [0.3, 0.4) is 0 Å². The summed E-state index contributed by atoms with van der Waals surface area (Å²) >= 11 is 0.